The van der Waals surface area contributed by atoms with Gasteiger partial charge >= 0.3 is 0 Å². The highest BCUT2D eigenvalue weighted by molar-refractivity contribution is 5.73. The van der Waals surface area contributed by atoms with Crippen molar-refractivity contribution in [2.24, 2.45) is 0 Å². The molecule has 0 aromatic heterocycles. The number of rotatable bonds is 21. The maximum atomic E-state index is 11.9. The van der Waals surface area contributed by atoms with Gasteiger partial charge in [0.05, 0.1) is 38.6 Å². The molecule has 0 aromatic rings. The predicted molar refractivity (Wildman–Crippen MR) is 189 cm³/mol. The predicted octanol–water partition coefficient (Wildman–Crippen LogP) is -3.65. The van der Waals surface area contributed by atoms with Crippen molar-refractivity contribution in [2.75, 3.05) is 26.4 Å². The molecular formula is C36H61NO18. The number of carbonyl (C=O) groups excluding carboxylic acids is 1. The second kappa shape index (κ2) is 24.1. The van der Waals surface area contributed by atoms with Crippen LogP contribution in [0.2, 0.25) is 0 Å². The van der Waals surface area contributed by atoms with Gasteiger partial charge in [0.2, 0.25) is 5.91 Å². The van der Waals surface area contributed by atoms with Gasteiger partial charge in [-0.05, 0) is 32.1 Å². The van der Waals surface area contributed by atoms with Crippen LogP contribution in [0.1, 0.15) is 52.4 Å². The van der Waals surface area contributed by atoms with E-state index in [4.69, 9.17) is 28.4 Å². The highest BCUT2D eigenvalue weighted by atomic mass is 16.8. The SMILES string of the molecule is CCC/C=C/CC/C=C/CC/C=C/C(O)C(COC1OC(CO)C(OC2OC(CO)C(OC3OC(CO)C(O)C(O)C3O)C(O)C2O)C(O)C1O)NC(C)=O. The van der Waals surface area contributed by atoms with Crippen LogP contribution in [0.3, 0.4) is 0 Å². The van der Waals surface area contributed by atoms with E-state index >= 15 is 0 Å². The number of hydrogen-bond acceptors (Lipinski definition) is 18. The largest absolute Gasteiger partial charge is 0.394 e. The number of nitrogens with one attached hydrogen (secondary N) is 1. The van der Waals surface area contributed by atoms with Crippen molar-refractivity contribution in [3.63, 3.8) is 0 Å². The summed E-state index contributed by atoms with van der Waals surface area (Å²) in [4.78, 5) is 11.9. The molecule has 19 heteroatoms. The van der Waals surface area contributed by atoms with Crippen LogP contribution in [0, 0.1) is 0 Å². The molecule has 3 rings (SSSR count). The molecule has 55 heavy (non-hydrogen) atoms. The Morgan fingerprint density at radius 1 is 0.618 bits per heavy atom. The van der Waals surface area contributed by atoms with Gasteiger partial charge in [0.15, 0.2) is 18.9 Å². The van der Waals surface area contributed by atoms with Gasteiger partial charge in [0.1, 0.15) is 73.2 Å². The van der Waals surface area contributed by atoms with E-state index in [-0.39, 0.29) is 6.61 Å². The van der Waals surface area contributed by atoms with E-state index in [1.807, 2.05) is 6.08 Å². The molecule has 0 saturated carbocycles. The maximum Gasteiger partial charge on any atom is 0.217 e. The summed E-state index contributed by atoms with van der Waals surface area (Å²) in [5.41, 5.74) is 0. The van der Waals surface area contributed by atoms with Gasteiger partial charge < -0.3 is 89.9 Å². The Kier molecular flexibility index (Phi) is 20.7. The molecule has 1 amide bonds. The Bertz CT molecular complexity index is 1190. The number of allylic oxidation sites excluding steroid dienone is 5. The maximum absolute atomic E-state index is 11.9. The van der Waals surface area contributed by atoms with E-state index in [0.29, 0.717) is 6.42 Å². The summed E-state index contributed by atoms with van der Waals surface area (Å²) in [6.45, 7) is 0.549. The summed E-state index contributed by atoms with van der Waals surface area (Å²) >= 11 is 0. The Balaban J connectivity index is 1.57. The van der Waals surface area contributed by atoms with E-state index in [0.717, 1.165) is 32.1 Å². The molecule has 12 N–H and O–H groups in total. The fourth-order valence-electron chi connectivity index (χ4n) is 6.26. The topological polar surface area (TPSA) is 307 Å². The molecule has 0 aromatic carbocycles. The minimum absolute atomic E-state index is 0.390. The fourth-order valence-corrected chi connectivity index (χ4v) is 6.26. The third-order valence-electron chi connectivity index (χ3n) is 9.44. The van der Waals surface area contributed by atoms with Crippen LogP contribution in [0.15, 0.2) is 36.5 Å². The van der Waals surface area contributed by atoms with Crippen LogP contribution < -0.4 is 5.32 Å². The molecule has 318 valence electrons. The van der Waals surface area contributed by atoms with Crippen molar-refractivity contribution >= 4 is 5.91 Å². The van der Waals surface area contributed by atoms with Crippen LogP contribution in [0.5, 0.6) is 0 Å². The van der Waals surface area contributed by atoms with E-state index in [1.54, 1.807) is 6.08 Å². The van der Waals surface area contributed by atoms with E-state index in [9.17, 15) is 61.0 Å². The first-order valence-electron chi connectivity index (χ1n) is 18.7. The summed E-state index contributed by atoms with van der Waals surface area (Å²) < 4.78 is 33.4. The lowest BCUT2D eigenvalue weighted by Crippen LogP contribution is -2.66. The number of unbranched alkanes of at least 4 members (excludes halogenated alkanes) is 3. The zero-order valence-electron chi connectivity index (χ0n) is 31.1. The lowest BCUT2D eigenvalue weighted by atomic mass is 9.96. The minimum Gasteiger partial charge on any atom is -0.394 e. The number of hydrogen-bond donors (Lipinski definition) is 12. The Morgan fingerprint density at radius 2 is 1.05 bits per heavy atom. The van der Waals surface area contributed by atoms with Gasteiger partial charge in [-0.1, -0.05) is 49.8 Å². The molecule has 17 atom stereocenters. The fraction of sp³-hybridized carbons (Fsp3) is 0.806. The third-order valence-corrected chi connectivity index (χ3v) is 9.44. The zero-order chi connectivity index (χ0) is 40.7. The van der Waals surface area contributed by atoms with Gasteiger partial charge in [-0.3, -0.25) is 4.79 Å². The molecule has 3 saturated heterocycles. The van der Waals surface area contributed by atoms with E-state index in [2.05, 4.69) is 30.5 Å². The molecule has 17 unspecified atom stereocenters. The average molecular weight is 796 g/mol. The first kappa shape index (κ1) is 47.4. The standard InChI is InChI=1S/C36H61NO18/c1-3-4-5-6-7-8-9-10-11-12-13-14-21(42)20(37-19(2)41)18-50-34-30(48)27(45)32(23(16-39)52-34)55-36-31(49)28(46)33(24(17-40)53-36)54-35-29(47)26(44)25(43)22(15-38)51-35/h5-6,9-10,13-14,20-36,38-40,42-49H,3-4,7-8,11-12,15-18H2,1-2H3,(H,37,41)/b6-5+,10-9+,14-13+. The van der Waals surface area contributed by atoms with Gasteiger partial charge in [-0.15, -0.1) is 0 Å². The Labute approximate surface area is 320 Å². The van der Waals surface area contributed by atoms with Crippen LogP contribution in [0.4, 0.5) is 0 Å². The highest BCUT2D eigenvalue weighted by Crippen LogP contribution is 2.32. The van der Waals surface area contributed by atoms with Gasteiger partial charge in [-0.2, -0.15) is 0 Å². The molecular weight excluding hydrogens is 734 g/mol. The van der Waals surface area contributed by atoms with Crippen LogP contribution >= 0.6 is 0 Å². The second-order valence-electron chi connectivity index (χ2n) is 13.8. The third kappa shape index (κ3) is 13.5. The second-order valence-corrected chi connectivity index (χ2v) is 13.8. The molecule has 3 aliphatic heterocycles. The molecule has 0 spiro atoms. The molecule has 0 aliphatic carbocycles. The van der Waals surface area contributed by atoms with Crippen LogP contribution in [-0.2, 0) is 33.2 Å². The molecule has 0 bridgehead atoms. The monoisotopic (exact) mass is 795 g/mol. The van der Waals surface area contributed by atoms with E-state index < -0.39 is 130 Å². The number of amides is 1. The van der Waals surface area contributed by atoms with Crippen molar-refractivity contribution in [3.8, 4) is 0 Å². The number of aliphatic hydroxyl groups is 11. The molecule has 0 radical (unpaired) electrons. The van der Waals surface area contributed by atoms with Crippen molar-refractivity contribution < 1.29 is 89.4 Å². The first-order chi connectivity index (χ1) is 26.3. The van der Waals surface area contributed by atoms with Crippen LogP contribution in [0.25, 0.3) is 0 Å². The normalized spacial score (nSPS) is 38.5. The summed E-state index contributed by atoms with van der Waals surface area (Å²) in [7, 11) is 0. The summed E-state index contributed by atoms with van der Waals surface area (Å²) in [5, 5.41) is 117. The number of carbonyl (C=O) groups is 1. The highest BCUT2D eigenvalue weighted by Gasteiger charge is 2.53. The molecule has 3 aliphatic rings. The Morgan fingerprint density at radius 3 is 1.55 bits per heavy atom. The molecule has 19 nitrogen and oxygen atoms in total. The summed E-state index contributed by atoms with van der Waals surface area (Å²) in [5.74, 6) is -0.473. The van der Waals surface area contributed by atoms with E-state index in [1.165, 1.54) is 13.0 Å². The molecule has 3 heterocycles. The van der Waals surface area contributed by atoms with Crippen LogP contribution in [-0.4, -0.2) is 193 Å². The number of aliphatic hydroxyl groups excluding tert-OH is 11. The Hall–Kier alpha value is -1.99. The minimum atomic E-state index is -1.97. The van der Waals surface area contributed by atoms with Crippen molar-refractivity contribution in [1.29, 1.82) is 0 Å². The smallest absolute Gasteiger partial charge is 0.217 e. The van der Waals surface area contributed by atoms with Crippen molar-refractivity contribution in [3.05, 3.63) is 36.5 Å². The first-order valence-corrected chi connectivity index (χ1v) is 18.7. The quantitative estimate of drug-likeness (QED) is 0.0394. The summed E-state index contributed by atoms with van der Waals surface area (Å²) in [6.07, 6.45) is -9.66. The lowest BCUT2D eigenvalue weighted by molar-refractivity contribution is -0.379. The van der Waals surface area contributed by atoms with Crippen molar-refractivity contribution in [1.82, 2.24) is 5.32 Å². The zero-order valence-corrected chi connectivity index (χ0v) is 31.1. The van der Waals surface area contributed by atoms with Gasteiger partial charge in [0.25, 0.3) is 0 Å². The summed E-state index contributed by atoms with van der Waals surface area (Å²) in [6, 6.07) is -0.991. The van der Waals surface area contributed by atoms with Gasteiger partial charge in [0, 0.05) is 6.92 Å². The van der Waals surface area contributed by atoms with Gasteiger partial charge in [-0.25, -0.2) is 0 Å². The lowest BCUT2D eigenvalue weighted by Gasteiger charge is -2.48. The van der Waals surface area contributed by atoms with Crippen molar-refractivity contribution in [2.45, 2.75) is 157 Å². The average Bonchev–Trinajstić information content (AvgIpc) is 3.17. The number of ether oxygens (including phenoxy) is 6. The molecule has 3 fully saturated rings.